The van der Waals surface area contributed by atoms with Crippen LogP contribution in [0.15, 0.2) is 83.5 Å². The van der Waals surface area contributed by atoms with Crippen LogP contribution in [0.3, 0.4) is 0 Å². The summed E-state index contributed by atoms with van der Waals surface area (Å²) in [6.45, 7) is 1.99. The monoisotopic (exact) mass is 494 g/mol. The molecule has 0 saturated heterocycles. The van der Waals surface area contributed by atoms with Crippen molar-refractivity contribution in [3.05, 3.63) is 100 Å². The number of thiazole rings is 1. The topological polar surface area (TPSA) is 126 Å². The van der Waals surface area contributed by atoms with E-state index >= 15 is 0 Å². The van der Waals surface area contributed by atoms with Gasteiger partial charge in [0.15, 0.2) is 5.82 Å². The Bertz CT molecular complexity index is 1560. The zero-order chi connectivity index (χ0) is 24.5. The van der Waals surface area contributed by atoms with E-state index in [1.807, 2.05) is 60.8 Å². The maximum Gasteiger partial charge on any atom is 0.227 e. The molecule has 0 fully saturated rings. The van der Waals surface area contributed by atoms with E-state index in [-0.39, 0.29) is 6.17 Å². The maximum atomic E-state index is 6.08. The van der Waals surface area contributed by atoms with E-state index in [1.165, 1.54) is 0 Å². The van der Waals surface area contributed by atoms with Crippen LogP contribution in [0.5, 0.6) is 11.6 Å². The molecule has 36 heavy (non-hydrogen) atoms. The summed E-state index contributed by atoms with van der Waals surface area (Å²) in [4.78, 5) is 8.99. The van der Waals surface area contributed by atoms with Crippen molar-refractivity contribution >= 4 is 28.6 Å². The van der Waals surface area contributed by atoms with Crippen molar-refractivity contribution in [2.24, 2.45) is 5.10 Å². The van der Waals surface area contributed by atoms with Crippen LogP contribution in [0.25, 0.3) is 11.1 Å². The summed E-state index contributed by atoms with van der Waals surface area (Å²) in [5.41, 5.74) is 15.6. The highest BCUT2D eigenvalue weighted by atomic mass is 32.1. The fraction of sp³-hybridized carbons (Fsp3) is 0.0769. The third kappa shape index (κ3) is 4.14. The molecule has 0 spiro atoms. The number of pyridine rings is 1. The summed E-state index contributed by atoms with van der Waals surface area (Å²) < 4.78 is 6.08. The Hall–Kier alpha value is -4.70. The zero-order valence-corrected chi connectivity index (χ0v) is 20.1. The number of nitrogen functional groups attached to an aromatic ring is 1. The van der Waals surface area contributed by atoms with Gasteiger partial charge in [-0.1, -0.05) is 24.3 Å². The summed E-state index contributed by atoms with van der Waals surface area (Å²) in [7, 11) is 0. The molecule has 0 saturated carbocycles. The molecular weight excluding hydrogens is 472 g/mol. The fourth-order valence-corrected chi connectivity index (χ4v) is 4.85. The van der Waals surface area contributed by atoms with Crippen LogP contribution in [-0.4, -0.2) is 25.9 Å². The number of aromatic amines is 1. The Morgan fingerprint density at radius 3 is 2.61 bits per heavy atom. The van der Waals surface area contributed by atoms with Crippen molar-refractivity contribution < 1.29 is 4.74 Å². The molecular formula is C26H22N8OS. The lowest BCUT2D eigenvalue weighted by atomic mass is 9.99. The van der Waals surface area contributed by atoms with E-state index in [0.717, 1.165) is 44.4 Å². The van der Waals surface area contributed by atoms with Crippen molar-refractivity contribution in [2.45, 2.75) is 13.1 Å². The number of aryl methyl sites for hydroxylation is 1. The number of rotatable bonds is 6. The van der Waals surface area contributed by atoms with Crippen molar-refractivity contribution in [1.29, 1.82) is 0 Å². The molecule has 5 aromatic rings. The van der Waals surface area contributed by atoms with Crippen molar-refractivity contribution in [3.8, 4) is 22.8 Å². The van der Waals surface area contributed by atoms with E-state index in [9.17, 15) is 0 Å². The van der Waals surface area contributed by atoms with Gasteiger partial charge < -0.3 is 15.8 Å². The minimum absolute atomic E-state index is 0.191. The van der Waals surface area contributed by atoms with Crippen LogP contribution in [0.2, 0.25) is 0 Å². The number of hydrogen-bond donors (Lipinski definition) is 4. The Kier molecular flexibility index (Phi) is 5.55. The molecule has 5 N–H and O–H groups in total. The van der Waals surface area contributed by atoms with E-state index in [1.54, 1.807) is 23.7 Å². The van der Waals surface area contributed by atoms with Crippen LogP contribution < -0.4 is 21.2 Å². The summed E-state index contributed by atoms with van der Waals surface area (Å²) in [5, 5.41) is 17.9. The van der Waals surface area contributed by atoms with Gasteiger partial charge in [0, 0.05) is 51.4 Å². The van der Waals surface area contributed by atoms with Gasteiger partial charge in [0.1, 0.15) is 22.6 Å². The average molecular weight is 495 g/mol. The van der Waals surface area contributed by atoms with E-state index < -0.39 is 0 Å². The first-order chi connectivity index (χ1) is 17.7. The standard InChI is InChI=1S/C26H22N8OS/c1-15-14-36-26(30-15)22-18-5-2-3-6-19(18)24(34-32-22)31-16-8-10-17(11-9-16)35-25-20(7-4-12-28-25)21-13-29-33-23(21)27/h2-14,24,31,34H,1H3,(H3,27,29,33). The van der Waals surface area contributed by atoms with E-state index in [2.05, 4.69) is 48.1 Å². The molecule has 0 bridgehead atoms. The number of hydrazone groups is 1. The Labute approximate surface area is 211 Å². The predicted molar refractivity (Wildman–Crippen MR) is 141 cm³/mol. The number of aromatic nitrogens is 4. The second-order valence-corrected chi connectivity index (χ2v) is 9.07. The smallest absolute Gasteiger partial charge is 0.227 e. The summed E-state index contributed by atoms with van der Waals surface area (Å²) in [6.07, 6.45) is 3.22. The van der Waals surface area contributed by atoms with Gasteiger partial charge in [0.25, 0.3) is 0 Å². The van der Waals surface area contributed by atoms with Crippen LogP contribution in [0.1, 0.15) is 28.0 Å². The molecule has 0 aliphatic carbocycles. The molecule has 178 valence electrons. The second kappa shape index (κ2) is 9.16. The van der Waals surface area contributed by atoms with E-state index in [4.69, 9.17) is 10.5 Å². The third-order valence-corrected chi connectivity index (χ3v) is 6.73. The molecule has 2 aromatic carbocycles. The van der Waals surface area contributed by atoms with Gasteiger partial charge >= 0.3 is 0 Å². The molecule has 1 atom stereocenters. The second-order valence-electron chi connectivity index (χ2n) is 8.21. The third-order valence-electron chi connectivity index (χ3n) is 5.76. The molecule has 0 amide bonds. The van der Waals surface area contributed by atoms with Crippen LogP contribution >= 0.6 is 11.3 Å². The molecule has 0 radical (unpaired) electrons. The summed E-state index contributed by atoms with van der Waals surface area (Å²) in [5.74, 6) is 1.50. The number of H-pyrrole nitrogens is 1. The lowest BCUT2D eigenvalue weighted by Crippen LogP contribution is -2.31. The number of anilines is 2. The highest BCUT2D eigenvalue weighted by molar-refractivity contribution is 7.12. The SMILES string of the molecule is Cc1csc(C2=NNC(Nc3ccc(Oc4ncccc4-c4c[nH]nc4N)cc3)c3ccccc32)n1. The molecule has 4 heterocycles. The molecule has 1 aliphatic rings. The first-order valence-corrected chi connectivity index (χ1v) is 12.2. The number of nitrogens with two attached hydrogens (primary N) is 1. The van der Waals surface area contributed by atoms with E-state index in [0.29, 0.717) is 17.4 Å². The van der Waals surface area contributed by atoms with Crippen molar-refractivity contribution in [2.75, 3.05) is 11.1 Å². The number of hydrogen-bond acceptors (Lipinski definition) is 9. The normalized spacial score (nSPS) is 14.5. The summed E-state index contributed by atoms with van der Waals surface area (Å²) in [6, 6.07) is 19.6. The van der Waals surface area contributed by atoms with Crippen LogP contribution in [-0.2, 0) is 0 Å². The van der Waals surface area contributed by atoms with Gasteiger partial charge in [0.05, 0.1) is 0 Å². The van der Waals surface area contributed by atoms with Gasteiger partial charge in [-0.05, 0) is 43.3 Å². The van der Waals surface area contributed by atoms with Crippen molar-refractivity contribution in [3.63, 3.8) is 0 Å². The molecule has 6 rings (SSSR count). The Morgan fingerprint density at radius 1 is 1.00 bits per heavy atom. The van der Waals surface area contributed by atoms with Gasteiger partial charge in [-0.3, -0.25) is 10.5 Å². The number of fused-ring (bicyclic) bond motifs is 1. The van der Waals surface area contributed by atoms with Crippen LogP contribution in [0.4, 0.5) is 11.5 Å². The summed E-state index contributed by atoms with van der Waals surface area (Å²) >= 11 is 1.59. The predicted octanol–water partition coefficient (Wildman–Crippen LogP) is 5.08. The van der Waals surface area contributed by atoms with Gasteiger partial charge in [-0.2, -0.15) is 10.2 Å². The maximum absolute atomic E-state index is 6.08. The first-order valence-electron chi connectivity index (χ1n) is 11.3. The molecule has 1 unspecified atom stereocenters. The zero-order valence-electron chi connectivity index (χ0n) is 19.3. The van der Waals surface area contributed by atoms with Gasteiger partial charge in [-0.15, -0.1) is 11.3 Å². The highest BCUT2D eigenvalue weighted by Gasteiger charge is 2.24. The number of nitrogens with one attached hydrogen (secondary N) is 3. The minimum Gasteiger partial charge on any atom is -0.438 e. The van der Waals surface area contributed by atoms with Crippen molar-refractivity contribution in [1.82, 2.24) is 25.6 Å². The quantitative estimate of drug-likeness (QED) is 0.259. The fourth-order valence-electron chi connectivity index (χ4n) is 4.05. The highest BCUT2D eigenvalue weighted by Crippen LogP contribution is 2.34. The molecule has 10 heteroatoms. The molecule has 9 nitrogen and oxygen atoms in total. The first kappa shape index (κ1) is 21.8. The lowest BCUT2D eigenvalue weighted by molar-refractivity contribution is 0.465. The Balaban J connectivity index is 1.21. The number of nitrogens with zero attached hydrogens (tertiary/aromatic N) is 4. The number of ether oxygens (including phenoxy) is 1. The Morgan fingerprint density at radius 2 is 1.83 bits per heavy atom. The van der Waals surface area contributed by atoms with Gasteiger partial charge in [-0.25, -0.2) is 9.97 Å². The lowest BCUT2D eigenvalue weighted by Gasteiger charge is -2.27. The largest absolute Gasteiger partial charge is 0.438 e. The van der Waals surface area contributed by atoms with Crippen LogP contribution in [0, 0.1) is 6.92 Å². The minimum atomic E-state index is -0.191. The molecule has 1 aliphatic heterocycles. The average Bonchev–Trinajstić information content (AvgIpc) is 3.53. The number of benzene rings is 2. The molecule has 3 aromatic heterocycles. The van der Waals surface area contributed by atoms with Gasteiger partial charge in [0.2, 0.25) is 5.88 Å².